The van der Waals surface area contributed by atoms with E-state index >= 15 is 0 Å². The minimum atomic E-state index is -0.372. The van der Waals surface area contributed by atoms with E-state index in [-0.39, 0.29) is 22.9 Å². The molecule has 1 unspecified atom stereocenters. The van der Waals surface area contributed by atoms with Gasteiger partial charge in [0.25, 0.3) is 5.56 Å². The first-order valence-corrected chi connectivity index (χ1v) is 11.1. The summed E-state index contributed by atoms with van der Waals surface area (Å²) in [6.45, 7) is 10.7. The molecule has 0 saturated carbocycles. The van der Waals surface area contributed by atoms with E-state index in [0.29, 0.717) is 40.4 Å². The summed E-state index contributed by atoms with van der Waals surface area (Å²) < 4.78 is 1.61. The molecule has 5 nitrogen and oxygen atoms in total. The molecule has 0 aliphatic carbocycles. The van der Waals surface area contributed by atoms with Gasteiger partial charge in [0.1, 0.15) is 5.82 Å². The summed E-state index contributed by atoms with van der Waals surface area (Å²) >= 11 is 6.08. The van der Waals surface area contributed by atoms with Gasteiger partial charge in [-0.3, -0.25) is 14.2 Å². The maximum absolute atomic E-state index is 13.5. The van der Waals surface area contributed by atoms with Gasteiger partial charge in [-0.1, -0.05) is 51.4 Å². The lowest BCUT2D eigenvalue weighted by atomic mass is 9.91. The second-order valence-electron chi connectivity index (χ2n) is 9.10. The Morgan fingerprint density at radius 3 is 2.39 bits per heavy atom. The lowest BCUT2D eigenvalue weighted by molar-refractivity contribution is -0.135. The van der Waals surface area contributed by atoms with Crippen molar-refractivity contribution >= 4 is 28.4 Å². The number of nitrogens with zero attached hydrogens (tertiary/aromatic N) is 3. The third-order valence-corrected chi connectivity index (χ3v) is 5.45. The molecule has 0 bridgehead atoms. The minimum Gasteiger partial charge on any atom is -0.333 e. The highest BCUT2D eigenvalue weighted by molar-refractivity contribution is 6.30. The molecule has 0 aliphatic heterocycles. The second kappa shape index (κ2) is 9.23. The lowest BCUT2D eigenvalue weighted by Crippen LogP contribution is -2.39. The number of hydrogen-bond acceptors (Lipinski definition) is 3. The van der Waals surface area contributed by atoms with Gasteiger partial charge >= 0.3 is 0 Å². The SMILES string of the molecule is CCCN(C(=O)CC(C)(C)C)C(C)c1nc2ccccc2c(=O)n1-c1ccc(Cl)cc1. The Labute approximate surface area is 188 Å². The molecule has 3 rings (SSSR count). The molecule has 0 radical (unpaired) electrons. The Morgan fingerprint density at radius 1 is 1.13 bits per heavy atom. The number of halogens is 1. The number of carbonyl (C=O) groups is 1. The third kappa shape index (κ3) is 5.16. The summed E-state index contributed by atoms with van der Waals surface area (Å²) in [7, 11) is 0. The van der Waals surface area contributed by atoms with E-state index in [0.717, 1.165) is 6.42 Å². The lowest BCUT2D eigenvalue weighted by Gasteiger charge is -2.32. The Balaban J connectivity index is 2.20. The molecule has 31 heavy (non-hydrogen) atoms. The van der Waals surface area contributed by atoms with Crippen LogP contribution in [-0.4, -0.2) is 26.9 Å². The van der Waals surface area contributed by atoms with Crippen LogP contribution in [0.4, 0.5) is 0 Å². The van der Waals surface area contributed by atoms with Crippen LogP contribution >= 0.6 is 11.6 Å². The van der Waals surface area contributed by atoms with Crippen LogP contribution in [0.3, 0.4) is 0 Å². The zero-order valence-corrected chi connectivity index (χ0v) is 19.6. The fourth-order valence-corrected chi connectivity index (χ4v) is 3.87. The van der Waals surface area contributed by atoms with E-state index in [1.54, 1.807) is 34.9 Å². The van der Waals surface area contributed by atoms with Gasteiger partial charge in [-0.15, -0.1) is 0 Å². The molecule has 3 aromatic rings. The summed E-state index contributed by atoms with van der Waals surface area (Å²) in [4.78, 5) is 33.4. The number of benzene rings is 2. The summed E-state index contributed by atoms with van der Waals surface area (Å²) in [6, 6.07) is 14.0. The smallest absolute Gasteiger partial charge is 0.266 e. The first-order chi connectivity index (χ1) is 14.6. The average Bonchev–Trinajstić information content (AvgIpc) is 2.71. The van der Waals surface area contributed by atoms with E-state index in [4.69, 9.17) is 16.6 Å². The number of rotatable bonds is 6. The molecule has 1 amide bonds. The molecule has 0 N–H and O–H groups in total. The van der Waals surface area contributed by atoms with Crippen molar-refractivity contribution in [3.05, 3.63) is 69.7 Å². The van der Waals surface area contributed by atoms with Gasteiger partial charge in [0.15, 0.2) is 0 Å². The number of amides is 1. The van der Waals surface area contributed by atoms with Gasteiger partial charge in [0, 0.05) is 18.0 Å². The van der Waals surface area contributed by atoms with Crippen molar-refractivity contribution in [1.29, 1.82) is 0 Å². The van der Waals surface area contributed by atoms with Crippen molar-refractivity contribution in [2.75, 3.05) is 6.54 Å². The molecule has 0 aliphatic rings. The molecule has 0 spiro atoms. The van der Waals surface area contributed by atoms with E-state index in [1.807, 2.05) is 36.9 Å². The van der Waals surface area contributed by atoms with Crippen LogP contribution in [0.1, 0.15) is 59.3 Å². The predicted molar refractivity (Wildman–Crippen MR) is 127 cm³/mol. The quantitative estimate of drug-likeness (QED) is 0.489. The van der Waals surface area contributed by atoms with Crippen LogP contribution in [0.25, 0.3) is 16.6 Å². The number of carbonyl (C=O) groups excluding carboxylic acids is 1. The monoisotopic (exact) mass is 439 g/mol. The van der Waals surface area contributed by atoms with Gasteiger partial charge < -0.3 is 4.90 Å². The van der Waals surface area contributed by atoms with Crippen LogP contribution < -0.4 is 5.56 Å². The Hall–Kier alpha value is -2.66. The molecule has 1 aromatic heterocycles. The van der Waals surface area contributed by atoms with Gasteiger partial charge in [-0.2, -0.15) is 0 Å². The third-order valence-electron chi connectivity index (χ3n) is 5.19. The molecular formula is C25H30ClN3O2. The molecule has 164 valence electrons. The van der Waals surface area contributed by atoms with E-state index < -0.39 is 0 Å². The minimum absolute atomic E-state index is 0.0620. The maximum Gasteiger partial charge on any atom is 0.266 e. The largest absolute Gasteiger partial charge is 0.333 e. The van der Waals surface area contributed by atoms with Gasteiger partial charge in [-0.05, 0) is 55.2 Å². The van der Waals surface area contributed by atoms with Crippen LogP contribution in [0, 0.1) is 5.41 Å². The van der Waals surface area contributed by atoms with Crippen LogP contribution in [0.5, 0.6) is 0 Å². The molecular weight excluding hydrogens is 410 g/mol. The van der Waals surface area contributed by atoms with E-state index in [1.165, 1.54) is 0 Å². The first-order valence-electron chi connectivity index (χ1n) is 10.7. The van der Waals surface area contributed by atoms with Crippen molar-refractivity contribution < 1.29 is 4.79 Å². The highest BCUT2D eigenvalue weighted by atomic mass is 35.5. The van der Waals surface area contributed by atoms with Crippen molar-refractivity contribution in [3.63, 3.8) is 0 Å². The topological polar surface area (TPSA) is 55.2 Å². The Morgan fingerprint density at radius 2 is 1.77 bits per heavy atom. The molecule has 0 saturated heterocycles. The van der Waals surface area contributed by atoms with E-state index in [9.17, 15) is 9.59 Å². The fraction of sp³-hybridized carbons (Fsp3) is 0.400. The highest BCUT2D eigenvalue weighted by Crippen LogP contribution is 2.27. The van der Waals surface area contributed by atoms with Crippen LogP contribution in [0.15, 0.2) is 53.3 Å². The first kappa shape index (κ1) is 23.0. The number of fused-ring (bicyclic) bond motifs is 1. The van der Waals surface area contributed by atoms with Crippen LogP contribution in [-0.2, 0) is 4.79 Å². The second-order valence-corrected chi connectivity index (χ2v) is 9.54. The van der Waals surface area contributed by atoms with Crippen molar-refractivity contribution in [1.82, 2.24) is 14.5 Å². The highest BCUT2D eigenvalue weighted by Gasteiger charge is 2.28. The maximum atomic E-state index is 13.5. The fourth-order valence-electron chi connectivity index (χ4n) is 3.74. The summed E-state index contributed by atoms with van der Waals surface area (Å²) in [5.74, 6) is 0.605. The Kier molecular flexibility index (Phi) is 6.85. The summed E-state index contributed by atoms with van der Waals surface area (Å²) in [6.07, 6.45) is 1.25. The molecule has 6 heteroatoms. The van der Waals surface area contributed by atoms with Crippen molar-refractivity contribution in [2.24, 2.45) is 5.41 Å². The molecule has 1 heterocycles. The summed E-state index contributed by atoms with van der Waals surface area (Å²) in [5.41, 5.74) is 1.01. The number of aromatic nitrogens is 2. The van der Waals surface area contributed by atoms with Gasteiger partial charge in [0.05, 0.1) is 22.6 Å². The average molecular weight is 440 g/mol. The van der Waals surface area contributed by atoms with Crippen molar-refractivity contribution in [2.45, 2.75) is 53.5 Å². The molecule has 1 atom stereocenters. The number of hydrogen-bond donors (Lipinski definition) is 0. The van der Waals surface area contributed by atoms with Gasteiger partial charge in [0.2, 0.25) is 5.91 Å². The zero-order valence-electron chi connectivity index (χ0n) is 18.9. The predicted octanol–water partition coefficient (Wildman–Crippen LogP) is 5.77. The van der Waals surface area contributed by atoms with E-state index in [2.05, 4.69) is 20.8 Å². The standard InChI is InChI=1S/C25H30ClN3O2/c1-6-15-28(22(30)16-25(3,4)5)17(2)23-27-21-10-8-7-9-20(21)24(31)29(23)19-13-11-18(26)12-14-19/h7-14,17H,6,15-16H2,1-5H3. The molecule has 0 fully saturated rings. The summed E-state index contributed by atoms with van der Waals surface area (Å²) in [5, 5.41) is 1.13. The van der Waals surface area contributed by atoms with Crippen LogP contribution in [0.2, 0.25) is 5.02 Å². The number of para-hydroxylation sites is 1. The van der Waals surface area contributed by atoms with Crippen molar-refractivity contribution in [3.8, 4) is 5.69 Å². The molecule has 2 aromatic carbocycles. The van der Waals surface area contributed by atoms with Gasteiger partial charge in [-0.25, -0.2) is 4.98 Å². The Bertz CT molecular complexity index is 1130. The zero-order chi connectivity index (χ0) is 22.8. The normalized spacial score (nSPS) is 12.7.